The number of likely N-dealkylation sites (tertiary alicyclic amines) is 1. The summed E-state index contributed by atoms with van der Waals surface area (Å²) in [6.07, 6.45) is 8.63. The fourth-order valence-electron chi connectivity index (χ4n) is 5.44. The highest BCUT2D eigenvalue weighted by molar-refractivity contribution is 7.50. The Balaban J connectivity index is 1.10. The van der Waals surface area contributed by atoms with Crippen LogP contribution in [-0.2, 0) is 34.1 Å². The molecule has 42 heavy (non-hydrogen) atoms. The quantitative estimate of drug-likeness (QED) is 0.350. The molecule has 18 heteroatoms. The molecule has 0 radical (unpaired) electrons. The first-order chi connectivity index (χ1) is 20.1. The lowest BCUT2D eigenvalue weighted by Crippen LogP contribution is -2.55. The lowest BCUT2D eigenvalue weighted by Gasteiger charge is -2.39. The van der Waals surface area contributed by atoms with Crippen LogP contribution in [0.3, 0.4) is 0 Å². The molecule has 2 saturated heterocycles. The number of benzene rings is 1. The topological polar surface area (TPSA) is 144 Å². The Bertz CT molecular complexity index is 1880. The Labute approximate surface area is 234 Å². The summed E-state index contributed by atoms with van der Waals surface area (Å²) in [5.41, 5.74) is 1.83. The van der Waals surface area contributed by atoms with Crippen LogP contribution < -0.4 is 18.6 Å². The van der Waals surface area contributed by atoms with Crippen molar-refractivity contribution in [2.24, 2.45) is 0 Å². The molecule has 5 bridgehead atoms. The number of anilines is 1. The van der Waals surface area contributed by atoms with Gasteiger partial charge in [-0.3, -0.25) is 19.4 Å². The molecule has 3 aromatic rings. The van der Waals surface area contributed by atoms with Crippen LogP contribution in [0.25, 0.3) is 16.9 Å². The monoisotopic (exact) mass is 619 g/mol. The number of aromatic nitrogens is 3. The summed E-state index contributed by atoms with van der Waals surface area (Å²) in [6, 6.07) is 3.33. The zero-order valence-electron chi connectivity index (χ0n) is 21.1. The summed E-state index contributed by atoms with van der Waals surface area (Å²) < 4.78 is 87.8. The molecule has 0 N–H and O–H groups in total. The normalized spacial score (nSPS) is 28.1. The summed E-state index contributed by atoms with van der Waals surface area (Å²) in [7, 11) is -8.53. The predicted molar refractivity (Wildman–Crippen MR) is 135 cm³/mol. The highest BCUT2D eigenvalue weighted by Crippen LogP contribution is 2.71. The van der Waals surface area contributed by atoms with Gasteiger partial charge >= 0.3 is 21.6 Å². The third-order valence-electron chi connectivity index (χ3n) is 7.48. The van der Waals surface area contributed by atoms with E-state index in [1.165, 1.54) is 17.2 Å². The lowest BCUT2D eigenvalue weighted by molar-refractivity contribution is -0.134. The van der Waals surface area contributed by atoms with Crippen molar-refractivity contribution in [3.8, 4) is 28.4 Å². The maximum atomic E-state index is 13.7. The van der Waals surface area contributed by atoms with Crippen LogP contribution in [0.5, 0.6) is 17.2 Å². The summed E-state index contributed by atoms with van der Waals surface area (Å²) in [5, 5.41) is 5.06. The number of hydrogen-bond donors (Lipinski definition) is 0. The van der Waals surface area contributed by atoms with E-state index in [0.717, 1.165) is 18.4 Å². The minimum atomic E-state index is -4.42. The molecule has 0 spiro atoms. The van der Waals surface area contributed by atoms with Crippen molar-refractivity contribution in [3.05, 3.63) is 53.8 Å². The van der Waals surface area contributed by atoms with Gasteiger partial charge < -0.3 is 22.6 Å². The van der Waals surface area contributed by atoms with Gasteiger partial charge in [-0.2, -0.15) is 14.7 Å². The van der Waals surface area contributed by atoms with Crippen molar-refractivity contribution < 1.29 is 49.9 Å². The molecule has 5 aliphatic heterocycles. The molecule has 2 atom stereocenters. The molecule has 9 rings (SSSR count). The van der Waals surface area contributed by atoms with E-state index in [1.807, 2.05) is 10.9 Å². The second-order valence-corrected chi connectivity index (χ2v) is 13.4. The Kier molecular flexibility index (Phi) is 4.63. The first-order valence-electron chi connectivity index (χ1n) is 12.8. The molecule has 3 fully saturated rings. The number of phosphoric acid groups is 2. The molecule has 1 amide bonds. The molecule has 6 aliphatic rings. The van der Waals surface area contributed by atoms with Gasteiger partial charge in [0.1, 0.15) is 11.4 Å². The first kappa shape index (κ1) is 24.6. The number of rotatable bonds is 6. The number of nitrogens with zero attached hydrogens (tertiary/aromatic N) is 5. The average Bonchev–Trinajstić information content (AvgIpc) is 3.51. The standard InChI is InChI=1S/C24H17F2N5O9P2/c25-24(26)10-29(11-24)9-16-18-5-17(21-20(16)36-41(33,35-18)38-21)31-23(32)22-19(37-42(34,39-22)40-31)15-7-27-4-3-14(15)12-6-28-30(8-12)13-1-2-13/h3-8,13H,1-2,9-11H2. The Morgan fingerprint density at radius 2 is 1.76 bits per heavy atom. The van der Waals surface area contributed by atoms with Gasteiger partial charge in [0.25, 0.3) is 5.92 Å². The van der Waals surface area contributed by atoms with Gasteiger partial charge in [-0.05, 0) is 24.5 Å². The number of fused-ring (bicyclic) bond motifs is 4. The molecule has 216 valence electrons. The van der Waals surface area contributed by atoms with Crippen molar-refractivity contribution in [2.75, 3.05) is 18.2 Å². The summed E-state index contributed by atoms with van der Waals surface area (Å²) in [6.45, 7) is -0.948. The van der Waals surface area contributed by atoms with Crippen LogP contribution in [0.2, 0.25) is 0 Å². The highest BCUT2D eigenvalue weighted by atomic mass is 31.2. The van der Waals surface area contributed by atoms with E-state index in [4.69, 9.17) is 27.2 Å². The van der Waals surface area contributed by atoms with Gasteiger partial charge in [0, 0.05) is 42.3 Å². The Morgan fingerprint density at radius 3 is 2.55 bits per heavy atom. The maximum Gasteiger partial charge on any atom is 0.647 e. The van der Waals surface area contributed by atoms with E-state index >= 15 is 0 Å². The number of alkyl halides is 2. The van der Waals surface area contributed by atoms with Crippen LogP contribution in [0.4, 0.5) is 14.5 Å². The van der Waals surface area contributed by atoms with E-state index < -0.39 is 46.3 Å². The number of carbonyl (C=O) groups excluding carboxylic acids is 1. The van der Waals surface area contributed by atoms with E-state index in [2.05, 4.69) is 10.1 Å². The molecule has 14 nitrogen and oxygen atoms in total. The van der Waals surface area contributed by atoms with E-state index in [9.17, 15) is 22.7 Å². The molecule has 1 aromatic carbocycles. The fraction of sp³-hybridized carbons (Fsp3) is 0.292. The zero-order valence-corrected chi connectivity index (χ0v) is 22.9. The SMILES string of the molecule is O=C1C2=C(c3cnccc3-c3cnn(C4CC4)c3)OP(=O)(O2)ON1c1cc2c(CN3CC(F)(F)C3)c3c1OP(=O)(O2)O3. The van der Waals surface area contributed by atoms with Crippen LogP contribution in [0, 0.1) is 0 Å². The Hall–Kier alpha value is -3.97. The molecular weight excluding hydrogens is 602 g/mol. The van der Waals surface area contributed by atoms with Gasteiger partial charge in [-0.15, -0.1) is 4.62 Å². The second-order valence-electron chi connectivity index (χ2n) is 10.6. The van der Waals surface area contributed by atoms with Gasteiger partial charge in [0.2, 0.25) is 11.5 Å². The number of pyridine rings is 1. The van der Waals surface area contributed by atoms with Gasteiger partial charge in [-0.1, -0.05) is 0 Å². The fourth-order valence-corrected chi connectivity index (χ4v) is 8.03. The molecular formula is C24H17F2N5O9P2. The summed E-state index contributed by atoms with van der Waals surface area (Å²) in [5.74, 6) is -4.52. The molecule has 2 aromatic heterocycles. The van der Waals surface area contributed by atoms with Crippen molar-refractivity contribution in [1.29, 1.82) is 0 Å². The first-order valence-corrected chi connectivity index (χ1v) is 15.7. The van der Waals surface area contributed by atoms with E-state index in [0.29, 0.717) is 27.8 Å². The smallest absolute Gasteiger partial charge is 0.389 e. The Morgan fingerprint density at radius 1 is 0.976 bits per heavy atom. The third kappa shape index (κ3) is 3.59. The number of carbonyl (C=O) groups is 1. The van der Waals surface area contributed by atoms with Gasteiger partial charge in [0.15, 0.2) is 11.5 Å². The van der Waals surface area contributed by atoms with E-state index in [1.54, 1.807) is 18.5 Å². The molecule has 7 heterocycles. The maximum absolute atomic E-state index is 13.7. The number of halogens is 2. The van der Waals surface area contributed by atoms with Crippen LogP contribution in [0.15, 0.2) is 42.7 Å². The number of amides is 1. The van der Waals surface area contributed by atoms with Crippen molar-refractivity contribution in [1.82, 2.24) is 19.7 Å². The zero-order chi connectivity index (χ0) is 28.6. The molecule has 1 saturated carbocycles. The van der Waals surface area contributed by atoms with Gasteiger partial charge in [-0.25, -0.2) is 13.3 Å². The average molecular weight is 619 g/mol. The predicted octanol–water partition coefficient (Wildman–Crippen LogP) is 4.80. The van der Waals surface area contributed by atoms with E-state index in [-0.39, 0.29) is 35.2 Å². The largest absolute Gasteiger partial charge is 0.647 e. The van der Waals surface area contributed by atoms with Crippen LogP contribution in [0.1, 0.15) is 30.0 Å². The minimum absolute atomic E-state index is 0.00711. The summed E-state index contributed by atoms with van der Waals surface area (Å²) in [4.78, 5) is 19.3. The molecule has 1 aliphatic carbocycles. The van der Waals surface area contributed by atoms with Crippen LogP contribution >= 0.6 is 15.6 Å². The highest BCUT2D eigenvalue weighted by Gasteiger charge is 2.58. The summed E-state index contributed by atoms with van der Waals surface area (Å²) >= 11 is 0. The van der Waals surface area contributed by atoms with Crippen molar-refractivity contribution in [3.63, 3.8) is 0 Å². The third-order valence-corrected chi connectivity index (χ3v) is 9.89. The number of hydroxylamine groups is 1. The number of hydrogen-bond acceptors (Lipinski definition) is 12. The minimum Gasteiger partial charge on any atom is -0.389 e. The molecule has 2 unspecified atom stereocenters. The lowest BCUT2D eigenvalue weighted by atomic mass is 10.0. The van der Waals surface area contributed by atoms with Crippen molar-refractivity contribution >= 4 is 33.0 Å². The van der Waals surface area contributed by atoms with Crippen molar-refractivity contribution in [2.45, 2.75) is 31.4 Å². The second kappa shape index (κ2) is 7.90. The number of phosphoric ester groups is 2. The van der Waals surface area contributed by atoms with Gasteiger partial charge in [0.05, 0.1) is 30.9 Å². The van der Waals surface area contributed by atoms with Crippen LogP contribution in [-0.4, -0.2) is 44.6 Å².